The first-order valence-corrected chi connectivity index (χ1v) is 11.9. The number of hydrogen-bond acceptors (Lipinski definition) is 2. The molecule has 0 saturated heterocycles. The minimum atomic E-state index is -0.207. The number of ether oxygens (including phenoxy) is 1. The van der Waals surface area contributed by atoms with E-state index in [0.717, 1.165) is 22.0 Å². The number of aromatic amines is 1. The quantitative estimate of drug-likeness (QED) is 0.334. The monoisotopic (exact) mass is 454 g/mol. The lowest BCUT2D eigenvalue weighted by Crippen LogP contribution is -2.38. The van der Waals surface area contributed by atoms with Crippen LogP contribution in [0, 0.1) is 6.92 Å². The third kappa shape index (κ3) is 5.01. The van der Waals surface area contributed by atoms with Gasteiger partial charge in [0.1, 0.15) is 5.75 Å². The van der Waals surface area contributed by atoms with E-state index in [4.69, 9.17) is 4.74 Å². The van der Waals surface area contributed by atoms with Crippen LogP contribution >= 0.6 is 0 Å². The average molecular weight is 455 g/mol. The zero-order chi connectivity index (χ0) is 24.3. The van der Waals surface area contributed by atoms with Crippen LogP contribution in [0.2, 0.25) is 0 Å². The second-order valence-electron chi connectivity index (χ2n) is 9.85. The van der Waals surface area contributed by atoms with Crippen LogP contribution in [-0.4, -0.2) is 28.9 Å². The number of nitrogens with zero attached hydrogens (tertiary/aromatic N) is 1. The largest absolute Gasteiger partial charge is 0.484 e. The molecule has 1 atom stereocenters. The third-order valence-electron chi connectivity index (χ3n) is 6.36. The fourth-order valence-electron chi connectivity index (χ4n) is 4.38. The van der Waals surface area contributed by atoms with Gasteiger partial charge in [-0.25, -0.2) is 0 Å². The normalized spacial score (nSPS) is 12.5. The van der Waals surface area contributed by atoms with E-state index in [-0.39, 0.29) is 24.0 Å². The number of benzene rings is 3. The molecule has 0 spiro atoms. The molecule has 1 amide bonds. The summed E-state index contributed by atoms with van der Waals surface area (Å²) < 4.78 is 5.93. The highest BCUT2D eigenvalue weighted by Crippen LogP contribution is 2.34. The van der Waals surface area contributed by atoms with Crippen molar-refractivity contribution in [2.75, 3.05) is 13.2 Å². The topological polar surface area (TPSA) is 45.3 Å². The van der Waals surface area contributed by atoms with E-state index < -0.39 is 0 Å². The zero-order valence-corrected chi connectivity index (χ0v) is 20.8. The SMILES string of the molecule is CCN(C(=O)COc1ccc(C(C)(C)C)cc1)[C@H](c1ccc(C)cc1)c1c[nH]c2ccccc12. The Labute approximate surface area is 202 Å². The van der Waals surface area contributed by atoms with Gasteiger partial charge in [0.25, 0.3) is 5.91 Å². The van der Waals surface area contributed by atoms with E-state index in [1.807, 2.05) is 42.3 Å². The molecule has 0 unspecified atom stereocenters. The molecule has 0 aliphatic carbocycles. The molecule has 4 heteroatoms. The maximum absolute atomic E-state index is 13.5. The summed E-state index contributed by atoms with van der Waals surface area (Å²) in [5, 5.41) is 1.12. The van der Waals surface area contributed by atoms with Gasteiger partial charge >= 0.3 is 0 Å². The molecule has 0 saturated carbocycles. The van der Waals surface area contributed by atoms with Gasteiger partial charge in [-0.05, 0) is 48.6 Å². The van der Waals surface area contributed by atoms with Gasteiger partial charge in [-0.15, -0.1) is 0 Å². The lowest BCUT2D eigenvalue weighted by Gasteiger charge is -2.31. The molecule has 4 aromatic rings. The Bertz CT molecular complexity index is 1250. The molecule has 0 bridgehead atoms. The third-order valence-corrected chi connectivity index (χ3v) is 6.36. The highest BCUT2D eigenvalue weighted by Gasteiger charge is 2.28. The molecule has 1 N–H and O–H groups in total. The molecule has 176 valence electrons. The van der Waals surface area contributed by atoms with Gasteiger partial charge in [-0.1, -0.05) is 80.9 Å². The van der Waals surface area contributed by atoms with Gasteiger partial charge in [-0.3, -0.25) is 4.79 Å². The maximum Gasteiger partial charge on any atom is 0.261 e. The molecule has 4 rings (SSSR count). The summed E-state index contributed by atoms with van der Waals surface area (Å²) in [6.45, 7) is 11.2. The van der Waals surface area contributed by atoms with Crippen LogP contribution in [0.1, 0.15) is 56.0 Å². The standard InChI is InChI=1S/C30H34N2O2/c1-6-32(28(33)20-34-24-17-15-23(16-18-24)30(3,4)5)29(22-13-11-21(2)12-14-22)26-19-31-27-10-8-7-9-25(26)27/h7-19,29,31H,6,20H2,1-5H3/t29-/m1/s1. The number of hydrogen-bond donors (Lipinski definition) is 1. The number of aryl methyl sites for hydroxylation is 1. The number of carbonyl (C=O) groups is 1. The second kappa shape index (κ2) is 9.76. The summed E-state index contributed by atoms with van der Waals surface area (Å²) >= 11 is 0. The van der Waals surface area contributed by atoms with Crippen molar-refractivity contribution in [1.29, 1.82) is 0 Å². The number of likely N-dealkylation sites (N-methyl/N-ethyl adjacent to an activating group) is 1. The molecule has 0 aliphatic heterocycles. The minimum Gasteiger partial charge on any atom is -0.484 e. The summed E-state index contributed by atoms with van der Waals surface area (Å²) in [6, 6.07) is 24.5. The van der Waals surface area contributed by atoms with E-state index in [2.05, 4.69) is 81.2 Å². The lowest BCUT2D eigenvalue weighted by atomic mass is 9.87. The molecule has 1 aromatic heterocycles. The number of nitrogens with one attached hydrogen (secondary N) is 1. The van der Waals surface area contributed by atoms with Crippen molar-refractivity contribution in [2.45, 2.75) is 46.1 Å². The molecular weight excluding hydrogens is 420 g/mol. The number of rotatable bonds is 7. The van der Waals surface area contributed by atoms with Crippen LogP contribution in [0.15, 0.2) is 79.0 Å². The van der Waals surface area contributed by atoms with Crippen LogP contribution in [0.3, 0.4) is 0 Å². The first-order chi connectivity index (χ1) is 16.3. The van der Waals surface area contributed by atoms with E-state index in [1.54, 1.807) is 0 Å². The van der Waals surface area contributed by atoms with Gasteiger partial charge in [-0.2, -0.15) is 0 Å². The number of para-hydroxylation sites is 1. The average Bonchev–Trinajstić information content (AvgIpc) is 3.25. The summed E-state index contributed by atoms with van der Waals surface area (Å²) in [6.07, 6.45) is 2.03. The maximum atomic E-state index is 13.5. The minimum absolute atomic E-state index is 0.00653. The van der Waals surface area contributed by atoms with Crippen LogP contribution in [0.4, 0.5) is 0 Å². The lowest BCUT2D eigenvalue weighted by molar-refractivity contribution is -0.134. The Morgan fingerprint density at radius 2 is 1.65 bits per heavy atom. The molecule has 3 aromatic carbocycles. The summed E-state index contributed by atoms with van der Waals surface area (Å²) in [4.78, 5) is 18.8. The first-order valence-electron chi connectivity index (χ1n) is 11.9. The summed E-state index contributed by atoms with van der Waals surface area (Å²) in [5.41, 5.74) is 5.74. The fraction of sp³-hybridized carbons (Fsp3) is 0.300. The van der Waals surface area contributed by atoms with Crippen molar-refractivity contribution in [2.24, 2.45) is 0 Å². The number of aromatic nitrogens is 1. The first kappa shape index (κ1) is 23.6. The fourth-order valence-corrected chi connectivity index (χ4v) is 4.38. The van der Waals surface area contributed by atoms with Crippen LogP contribution in [-0.2, 0) is 10.2 Å². The van der Waals surface area contributed by atoms with Crippen molar-refractivity contribution in [3.05, 3.63) is 101 Å². The van der Waals surface area contributed by atoms with E-state index in [1.165, 1.54) is 11.1 Å². The van der Waals surface area contributed by atoms with Crippen molar-refractivity contribution < 1.29 is 9.53 Å². The smallest absolute Gasteiger partial charge is 0.261 e. The highest BCUT2D eigenvalue weighted by atomic mass is 16.5. The molecule has 0 radical (unpaired) electrons. The number of fused-ring (bicyclic) bond motifs is 1. The second-order valence-corrected chi connectivity index (χ2v) is 9.85. The Morgan fingerprint density at radius 3 is 2.29 bits per heavy atom. The molecule has 0 aliphatic rings. The van der Waals surface area contributed by atoms with Crippen LogP contribution in [0.25, 0.3) is 10.9 Å². The predicted molar refractivity (Wildman–Crippen MR) is 139 cm³/mol. The van der Waals surface area contributed by atoms with Crippen molar-refractivity contribution in [1.82, 2.24) is 9.88 Å². The number of amides is 1. The van der Waals surface area contributed by atoms with Crippen LogP contribution < -0.4 is 4.74 Å². The van der Waals surface area contributed by atoms with Gasteiger partial charge in [0.05, 0.1) is 6.04 Å². The Kier molecular flexibility index (Phi) is 6.78. The van der Waals surface area contributed by atoms with Crippen molar-refractivity contribution in [3.63, 3.8) is 0 Å². The predicted octanol–water partition coefficient (Wildman–Crippen LogP) is 6.79. The molecule has 0 fully saturated rings. The Balaban J connectivity index is 1.61. The Morgan fingerprint density at radius 1 is 0.971 bits per heavy atom. The number of H-pyrrole nitrogens is 1. The summed E-state index contributed by atoms with van der Waals surface area (Å²) in [5.74, 6) is 0.662. The summed E-state index contributed by atoms with van der Waals surface area (Å²) in [7, 11) is 0. The van der Waals surface area contributed by atoms with Gasteiger partial charge in [0.2, 0.25) is 0 Å². The zero-order valence-electron chi connectivity index (χ0n) is 20.8. The van der Waals surface area contributed by atoms with E-state index in [9.17, 15) is 4.79 Å². The molecule has 1 heterocycles. The van der Waals surface area contributed by atoms with Gasteiger partial charge in [0, 0.05) is 29.2 Å². The number of carbonyl (C=O) groups excluding carboxylic acids is 1. The highest BCUT2D eigenvalue weighted by molar-refractivity contribution is 5.86. The van der Waals surface area contributed by atoms with E-state index in [0.29, 0.717) is 12.3 Å². The van der Waals surface area contributed by atoms with Crippen molar-refractivity contribution >= 4 is 16.8 Å². The van der Waals surface area contributed by atoms with Crippen LogP contribution in [0.5, 0.6) is 5.75 Å². The molecular formula is C30H34N2O2. The van der Waals surface area contributed by atoms with Gasteiger partial charge in [0.15, 0.2) is 6.61 Å². The van der Waals surface area contributed by atoms with Gasteiger partial charge < -0.3 is 14.6 Å². The van der Waals surface area contributed by atoms with Crippen molar-refractivity contribution in [3.8, 4) is 5.75 Å². The van der Waals surface area contributed by atoms with E-state index >= 15 is 0 Å². The molecule has 34 heavy (non-hydrogen) atoms. The Hall–Kier alpha value is -3.53. The molecule has 4 nitrogen and oxygen atoms in total.